The minimum Gasteiger partial charge on any atom is -0.465 e. The zero-order chi connectivity index (χ0) is 20.4. The predicted octanol–water partition coefficient (Wildman–Crippen LogP) is 2.95. The molecule has 1 atom stereocenters. The number of esters is 1. The lowest BCUT2D eigenvalue weighted by Gasteiger charge is -2.38. The Hall–Kier alpha value is -2.67. The summed E-state index contributed by atoms with van der Waals surface area (Å²) in [6.07, 6.45) is 0. The molecule has 3 rings (SSSR count). The number of Topliss-reactive ketones (excluding diaryl/α,β-unsaturated/α-hetero) is 1. The van der Waals surface area contributed by atoms with Crippen LogP contribution < -0.4 is 4.90 Å². The van der Waals surface area contributed by atoms with Gasteiger partial charge >= 0.3 is 5.97 Å². The van der Waals surface area contributed by atoms with E-state index in [4.69, 9.17) is 4.74 Å². The van der Waals surface area contributed by atoms with Crippen LogP contribution in [0.25, 0.3) is 0 Å². The number of para-hydroxylation sites is 1. The lowest BCUT2D eigenvalue weighted by molar-refractivity contribution is 0.0599. The van der Waals surface area contributed by atoms with Gasteiger partial charge in [0.1, 0.15) is 5.82 Å². The van der Waals surface area contributed by atoms with Crippen LogP contribution in [-0.2, 0) is 4.74 Å². The molecule has 1 fully saturated rings. The maximum absolute atomic E-state index is 14.0. The van der Waals surface area contributed by atoms with Crippen LogP contribution in [0.1, 0.15) is 39.0 Å². The lowest BCUT2D eigenvalue weighted by Crippen LogP contribution is -2.52. The number of halogens is 1. The number of nitrogens with one attached hydrogen (secondary N) is 1. The van der Waals surface area contributed by atoms with E-state index in [1.165, 1.54) is 13.2 Å². The molecule has 2 aromatic rings. The number of rotatable bonds is 5. The van der Waals surface area contributed by atoms with Crippen molar-refractivity contribution in [3.63, 3.8) is 0 Å². The number of benzene rings is 1. The molecular weight excluding hydrogens is 361 g/mol. The van der Waals surface area contributed by atoms with Crippen LogP contribution in [0, 0.1) is 19.7 Å². The number of aromatic nitrogens is 1. The average molecular weight is 387 g/mol. The third kappa shape index (κ3) is 3.67. The van der Waals surface area contributed by atoms with Crippen LogP contribution >= 0.6 is 0 Å². The molecule has 150 valence electrons. The second-order valence-electron chi connectivity index (χ2n) is 7.13. The Labute approximate surface area is 164 Å². The van der Waals surface area contributed by atoms with E-state index >= 15 is 0 Å². The van der Waals surface area contributed by atoms with Crippen molar-refractivity contribution in [1.82, 2.24) is 9.88 Å². The summed E-state index contributed by atoms with van der Waals surface area (Å²) < 4.78 is 18.8. The van der Waals surface area contributed by atoms with E-state index in [1.54, 1.807) is 26.0 Å². The number of nitrogens with zero attached hydrogens (tertiary/aromatic N) is 2. The van der Waals surface area contributed by atoms with Crippen LogP contribution in [0.4, 0.5) is 10.1 Å². The standard InChI is InChI=1S/C21H26FN3O3/c1-13-18(21(27)28-4)14(2)23-19(13)20(26)15(3)24-9-11-25(12-10-24)17-8-6-5-7-16(17)22/h5-8,15,23H,9-12H2,1-4H3. The second-order valence-corrected chi connectivity index (χ2v) is 7.13. The molecule has 1 aliphatic heterocycles. The van der Waals surface area contributed by atoms with Crippen molar-refractivity contribution in [2.24, 2.45) is 0 Å². The number of carbonyl (C=O) groups is 2. The lowest BCUT2D eigenvalue weighted by atomic mass is 10.0. The minimum atomic E-state index is -0.448. The van der Waals surface area contributed by atoms with Crippen LogP contribution in [0.15, 0.2) is 24.3 Å². The maximum atomic E-state index is 14.0. The molecule has 7 heteroatoms. The Morgan fingerprint density at radius 2 is 1.79 bits per heavy atom. The normalized spacial score (nSPS) is 16.1. The number of hydrogen-bond donors (Lipinski definition) is 1. The summed E-state index contributed by atoms with van der Waals surface area (Å²) in [6, 6.07) is 6.40. The minimum absolute atomic E-state index is 0.0601. The number of aryl methyl sites for hydroxylation is 1. The number of carbonyl (C=O) groups excluding carboxylic acids is 2. The van der Waals surface area contributed by atoms with E-state index in [1.807, 2.05) is 17.9 Å². The van der Waals surface area contributed by atoms with Crippen molar-refractivity contribution in [2.45, 2.75) is 26.8 Å². The second kappa shape index (κ2) is 8.14. The van der Waals surface area contributed by atoms with Crippen molar-refractivity contribution in [1.29, 1.82) is 0 Å². The third-order valence-electron chi connectivity index (χ3n) is 5.51. The number of anilines is 1. The van der Waals surface area contributed by atoms with Crippen LogP contribution in [0.5, 0.6) is 0 Å². The molecule has 0 amide bonds. The SMILES string of the molecule is COC(=O)c1c(C)[nH]c(C(=O)C(C)N2CCN(c3ccccc3F)CC2)c1C. The quantitative estimate of drug-likeness (QED) is 0.631. The Morgan fingerprint density at radius 1 is 1.14 bits per heavy atom. The van der Waals surface area contributed by atoms with Crippen LogP contribution in [-0.4, -0.2) is 61.0 Å². The fourth-order valence-electron chi connectivity index (χ4n) is 3.84. The highest BCUT2D eigenvalue weighted by molar-refractivity contribution is 6.03. The summed E-state index contributed by atoms with van der Waals surface area (Å²) in [6.45, 7) is 7.99. The molecule has 1 aromatic heterocycles. The van der Waals surface area contributed by atoms with Gasteiger partial charge in [0.25, 0.3) is 0 Å². The highest BCUT2D eigenvalue weighted by atomic mass is 19.1. The van der Waals surface area contributed by atoms with Gasteiger partial charge in [-0.25, -0.2) is 9.18 Å². The first-order valence-corrected chi connectivity index (χ1v) is 9.40. The molecule has 0 bridgehead atoms. The number of piperazine rings is 1. The van der Waals surface area contributed by atoms with Gasteiger partial charge < -0.3 is 14.6 Å². The fourth-order valence-corrected chi connectivity index (χ4v) is 3.84. The molecule has 0 radical (unpaired) electrons. The smallest absolute Gasteiger partial charge is 0.339 e. The van der Waals surface area contributed by atoms with E-state index in [0.717, 1.165) is 0 Å². The number of H-pyrrole nitrogens is 1. The maximum Gasteiger partial charge on any atom is 0.339 e. The van der Waals surface area contributed by atoms with E-state index in [0.29, 0.717) is 54.4 Å². The summed E-state index contributed by atoms with van der Waals surface area (Å²) in [7, 11) is 1.33. The first-order chi connectivity index (χ1) is 13.3. The molecule has 28 heavy (non-hydrogen) atoms. The number of ketones is 1. The van der Waals surface area contributed by atoms with Gasteiger partial charge in [0.2, 0.25) is 0 Å². The van der Waals surface area contributed by atoms with E-state index in [-0.39, 0.29) is 17.6 Å². The zero-order valence-corrected chi connectivity index (χ0v) is 16.7. The van der Waals surface area contributed by atoms with E-state index < -0.39 is 5.97 Å². The molecule has 2 heterocycles. The van der Waals surface area contributed by atoms with Gasteiger partial charge in [-0.1, -0.05) is 12.1 Å². The molecule has 1 saturated heterocycles. The summed E-state index contributed by atoms with van der Waals surface area (Å²) in [5, 5.41) is 0. The van der Waals surface area contributed by atoms with Crippen molar-refractivity contribution in [3.05, 3.63) is 52.6 Å². The molecule has 6 nitrogen and oxygen atoms in total. The highest BCUT2D eigenvalue weighted by Crippen LogP contribution is 2.24. The zero-order valence-electron chi connectivity index (χ0n) is 16.7. The number of hydrogen-bond acceptors (Lipinski definition) is 5. The summed E-state index contributed by atoms with van der Waals surface area (Å²) in [4.78, 5) is 32.2. The average Bonchev–Trinajstić information content (AvgIpc) is 3.01. The van der Waals surface area contributed by atoms with Gasteiger partial charge in [-0.05, 0) is 38.5 Å². The van der Waals surface area contributed by atoms with Gasteiger partial charge in [-0.2, -0.15) is 0 Å². The Balaban J connectivity index is 1.70. The van der Waals surface area contributed by atoms with Crippen molar-refractivity contribution in [2.75, 3.05) is 38.2 Å². The third-order valence-corrected chi connectivity index (χ3v) is 5.51. The molecule has 1 N–H and O–H groups in total. The van der Waals surface area contributed by atoms with Crippen molar-refractivity contribution in [3.8, 4) is 0 Å². The van der Waals surface area contributed by atoms with E-state index in [9.17, 15) is 14.0 Å². The molecule has 0 spiro atoms. The van der Waals surface area contributed by atoms with Gasteiger partial charge in [0.15, 0.2) is 5.78 Å². The van der Waals surface area contributed by atoms with Gasteiger partial charge in [0.05, 0.1) is 30.1 Å². The Kier molecular flexibility index (Phi) is 5.84. The summed E-state index contributed by atoms with van der Waals surface area (Å²) in [5.41, 5.74) is 2.71. The molecule has 1 aromatic carbocycles. The fraction of sp³-hybridized carbons (Fsp3) is 0.429. The summed E-state index contributed by atoms with van der Waals surface area (Å²) in [5.74, 6) is -0.737. The molecule has 1 unspecified atom stereocenters. The first kappa shape index (κ1) is 20.1. The number of methoxy groups -OCH3 is 1. The first-order valence-electron chi connectivity index (χ1n) is 9.40. The number of ether oxygens (including phenoxy) is 1. The Bertz CT molecular complexity index is 885. The molecule has 0 saturated carbocycles. The highest BCUT2D eigenvalue weighted by Gasteiger charge is 2.30. The topological polar surface area (TPSA) is 65.6 Å². The van der Waals surface area contributed by atoms with Crippen LogP contribution in [0.3, 0.4) is 0 Å². The predicted molar refractivity (Wildman–Crippen MR) is 106 cm³/mol. The molecular formula is C21H26FN3O3. The van der Waals surface area contributed by atoms with Crippen molar-refractivity contribution >= 4 is 17.4 Å². The number of aromatic amines is 1. The van der Waals surface area contributed by atoms with Crippen molar-refractivity contribution < 1.29 is 18.7 Å². The van der Waals surface area contributed by atoms with Gasteiger partial charge in [0, 0.05) is 31.9 Å². The largest absolute Gasteiger partial charge is 0.465 e. The monoisotopic (exact) mass is 387 g/mol. The van der Waals surface area contributed by atoms with Gasteiger partial charge in [-0.15, -0.1) is 0 Å². The Morgan fingerprint density at radius 3 is 2.39 bits per heavy atom. The van der Waals surface area contributed by atoms with Crippen LogP contribution in [0.2, 0.25) is 0 Å². The van der Waals surface area contributed by atoms with Gasteiger partial charge in [-0.3, -0.25) is 9.69 Å². The van der Waals surface area contributed by atoms with E-state index in [2.05, 4.69) is 9.88 Å². The molecule has 1 aliphatic rings. The molecule has 0 aliphatic carbocycles. The summed E-state index contributed by atoms with van der Waals surface area (Å²) >= 11 is 0.